The molecule has 5 nitrogen and oxygen atoms in total. The Hall–Kier alpha value is -1.06. The Morgan fingerprint density at radius 1 is 1.64 bits per heavy atom. The molecule has 76 valence electrons. The third-order valence-corrected chi connectivity index (χ3v) is 2.17. The van der Waals surface area contributed by atoms with E-state index in [2.05, 4.69) is 4.98 Å². The maximum Gasteiger partial charge on any atom is 0.373 e. The second kappa shape index (κ2) is 3.98. The molecule has 1 aromatic rings. The molecule has 1 aromatic heterocycles. The summed E-state index contributed by atoms with van der Waals surface area (Å²) in [4.78, 5) is 12.6. The molecule has 0 atom stereocenters. The van der Waals surface area contributed by atoms with E-state index in [0.29, 0.717) is 6.07 Å². The third-order valence-electron chi connectivity index (χ3n) is 1.37. The number of pyridine rings is 1. The van der Waals surface area contributed by atoms with Gasteiger partial charge in [0.2, 0.25) is 0 Å². The van der Waals surface area contributed by atoms with Crippen LogP contribution in [0, 0.1) is 13.8 Å². The van der Waals surface area contributed by atoms with Crippen molar-refractivity contribution < 1.29 is 18.8 Å². The van der Waals surface area contributed by atoms with Crippen molar-refractivity contribution >= 4 is 28.4 Å². The van der Waals surface area contributed by atoms with E-state index in [1.807, 2.05) is 0 Å². The van der Waals surface area contributed by atoms with E-state index in [4.69, 9.17) is 5.11 Å². The molecule has 0 aliphatic carbocycles. The fourth-order valence-corrected chi connectivity index (χ4v) is 1.18. The number of halogens is 3. The van der Waals surface area contributed by atoms with Crippen molar-refractivity contribution in [3.05, 3.63) is 25.4 Å². The molecule has 0 radical (unpaired) electrons. The highest BCUT2D eigenvalue weighted by Crippen LogP contribution is 2.32. The molecule has 1 heterocycles. The van der Waals surface area contributed by atoms with Gasteiger partial charge in [-0.1, -0.05) is 0 Å². The summed E-state index contributed by atoms with van der Waals surface area (Å²) < 4.78 is 24.4. The molecule has 1 rings (SSSR count). The molecule has 0 spiro atoms. The minimum absolute atomic E-state index is 0.0845. The predicted molar refractivity (Wildman–Crippen MR) is 50.2 cm³/mol. The van der Waals surface area contributed by atoms with Gasteiger partial charge in [0.25, 0.3) is 10.1 Å². The standard InChI is InChI=1S/C6H3F2IN2O3/c7-4(8)2-1-3(12)5(9)10-6(2)11(13)14/h1,4,12H. The number of alkyl halides is 2. The summed E-state index contributed by atoms with van der Waals surface area (Å²) in [6.45, 7) is 0. The van der Waals surface area contributed by atoms with Crippen LogP contribution in [-0.2, 0) is 0 Å². The number of nitro groups is 1. The van der Waals surface area contributed by atoms with Crippen LogP contribution < -0.4 is 0 Å². The highest BCUT2D eigenvalue weighted by Gasteiger charge is 2.26. The molecule has 0 bridgehead atoms. The zero-order valence-electron chi connectivity index (χ0n) is 6.45. The average molecular weight is 316 g/mol. The zero-order chi connectivity index (χ0) is 10.9. The highest BCUT2D eigenvalue weighted by atomic mass is 127. The van der Waals surface area contributed by atoms with Crippen LogP contribution in [0.5, 0.6) is 5.75 Å². The smallest absolute Gasteiger partial charge is 0.373 e. The Kier molecular flexibility index (Phi) is 3.13. The van der Waals surface area contributed by atoms with Gasteiger partial charge in [0.05, 0.1) is 0 Å². The molecular weight excluding hydrogens is 313 g/mol. The normalized spacial score (nSPS) is 10.6. The van der Waals surface area contributed by atoms with Gasteiger partial charge in [-0.2, -0.15) is 0 Å². The van der Waals surface area contributed by atoms with Crippen molar-refractivity contribution in [2.24, 2.45) is 0 Å². The van der Waals surface area contributed by atoms with E-state index in [1.165, 1.54) is 22.6 Å². The Morgan fingerprint density at radius 2 is 2.21 bits per heavy atom. The number of aromatic nitrogens is 1. The van der Waals surface area contributed by atoms with Gasteiger partial charge < -0.3 is 15.2 Å². The van der Waals surface area contributed by atoms with E-state index < -0.39 is 28.5 Å². The van der Waals surface area contributed by atoms with Gasteiger partial charge in [-0.05, 0) is 9.91 Å². The van der Waals surface area contributed by atoms with Crippen LogP contribution in [0.3, 0.4) is 0 Å². The Labute approximate surface area is 90.1 Å². The Morgan fingerprint density at radius 3 is 2.64 bits per heavy atom. The van der Waals surface area contributed by atoms with Gasteiger partial charge in [-0.25, -0.2) is 8.78 Å². The maximum atomic E-state index is 12.2. The number of hydrogen-bond donors (Lipinski definition) is 1. The van der Waals surface area contributed by atoms with Crippen LogP contribution in [0.4, 0.5) is 14.6 Å². The van der Waals surface area contributed by atoms with E-state index in [9.17, 15) is 18.9 Å². The van der Waals surface area contributed by atoms with Gasteiger partial charge in [0.1, 0.15) is 5.56 Å². The van der Waals surface area contributed by atoms with Gasteiger partial charge in [0.15, 0.2) is 5.75 Å². The summed E-state index contributed by atoms with van der Waals surface area (Å²) in [6, 6.07) is 0.650. The van der Waals surface area contributed by atoms with Crippen molar-refractivity contribution in [1.82, 2.24) is 4.98 Å². The fraction of sp³-hybridized carbons (Fsp3) is 0.167. The minimum atomic E-state index is -3.04. The lowest BCUT2D eigenvalue weighted by Gasteiger charge is -2.01. The lowest BCUT2D eigenvalue weighted by atomic mass is 10.2. The molecule has 14 heavy (non-hydrogen) atoms. The summed E-state index contributed by atoms with van der Waals surface area (Å²) in [6.07, 6.45) is -3.04. The number of aromatic hydroxyl groups is 1. The monoisotopic (exact) mass is 316 g/mol. The summed E-state index contributed by atoms with van der Waals surface area (Å²) >= 11 is 1.51. The lowest BCUT2D eigenvalue weighted by molar-refractivity contribution is -0.391. The van der Waals surface area contributed by atoms with E-state index in [1.54, 1.807) is 0 Å². The summed E-state index contributed by atoms with van der Waals surface area (Å²) in [5.74, 6) is -1.42. The van der Waals surface area contributed by atoms with Gasteiger partial charge in [-0.15, -0.1) is 0 Å². The average Bonchev–Trinajstić information content (AvgIpc) is 2.08. The van der Waals surface area contributed by atoms with E-state index in [-0.39, 0.29) is 3.70 Å². The minimum Gasteiger partial charge on any atom is -0.503 e. The fourth-order valence-electron chi connectivity index (χ4n) is 0.793. The Bertz CT molecular complexity index is 386. The van der Waals surface area contributed by atoms with Gasteiger partial charge in [-0.3, -0.25) is 0 Å². The first-order valence-electron chi connectivity index (χ1n) is 3.25. The first-order valence-corrected chi connectivity index (χ1v) is 4.33. The predicted octanol–water partition coefficient (Wildman–Crippen LogP) is 2.24. The second-order valence-corrected chi connectivity index (χ2v) is 3.29. The summed E-state index contributed by atoms with van der Waals surface area (Å²) in [5.41, 5.74) is -0.882. The number of hydrogen-bond acceptors (Lipinski definition) is 4. The maximum absolute atomic E-state index is 12.2. The van der Waals surface area contributed by atoms with Crippen LogP contribution in [0.1, 0.15) is 12.0 Å². The molecule has 8 heteroatoms. The second-order valence-electron chi connectivity index (χ2n) is 2.27. The van der Waals surface area contributed by atoms with Gasteiger partial charge in [0, 0.05) is 28.7 Å². The van der Waals surface area contributed by atoms with Crippen molar-refractivity contribution in [3.63, 3.8) is 0 Å². The molecule has 0 saturated carbocycles. The molecule has 0 fully saturated rings. The molecule has 0 unspecified atom stereocenters. The highest BCUT2D eigenvalue weighted by molar-refractivity contribution is 14.1. The summed E-state index contributed by atoms with van der Waals surface area (Å²) in [5, 5.41) is 19.3. The van der Waals surface area contributed by atoms with Crippen LogP contribution in [0.2, 0.25) is 0 Å². The van der Waals surface area contributed by atoms with Crippen molar-refractivity contribution in [2.45, 2.75) is 6.43 Å². The lowest BCUT2D eigenvalue weighted by Crippen LogP contribution is -2.00. The van der Waals surface area contributed by atoms with Crippen LogP contribution in [0.25, 0.3) is 0 Å². The van der Waals surface area contributed by atoms with Gasteiger partial charge >= 0.3 is 5.82 Å². The molecule has 1 N–H and O–H groups in total. The first kappa shape index (κ1) is 11.0. The van der Waals surface area contributed by atoms with Crippen molar-refractivity contribution in [1.29, 1.82) is 0 Å². The molecular formula is C6H3F2IN2O3. The number of nitrogens with zero attached hydrogens (tertiary/aromatic N) is 2. The molecule has 0 aromatic carbocycles. The van der Waals surface area contributed by atoms with Crippen molar-refractivity contribution in [3.8, 4) is 5.75 Å². The number of rotatable bonds is 2. The Balaban J connectivity index is 3.39. The first-order chi connectivity index (χ1) is 6.43. The summed E-state index contributed by atoms with van der Waals surface area (Å²) in [7, 11) is 0. The van der Waals surface area contributed by atoms with Crippen LogP contribution in [0.15, 0.2) is 6.07 Å². The largest absolute Gasteiger partial charge is 0.503 e. The quantitative estimate of drug-likeness (QED) is 0.393. The van der Waals surface area contributed by atoms with Crippen molar-refractivity contribution in [2.75, 3.05) is 0 Å². The molecule has 0 aliphatic rings. The molecule has 0 saturated heterocycles. The molecule has 0 aliphatic heterocycles. The topological polar surface area (TPSA) is 76.3 Å². The van der Waals surface area contributed by atoms with E-state index in [0.717, 1.165) is 0 Å². The zero-order valence-corrected chi connectivity index (χ0v) is 8.60. The molecule has 0 amide bonds. The van der Waals surface area contributed by atoms with Crippen LogP contribution in [-0.4, -0.2) is 15.0 Å². The third kappa shape index (κ3) is 2.05. The van der Waals surface area contributed by atoms with E-state index >= 15 is 0 Å². The SMILES string of the molecule is O=[N+]([O-])c1nc(I)c(O)cc1C(F)F. The van der Waals surface area contributed by atoms with Crippen LogP contribution >= 0.6 is 22.6 Å².